The standard InChI is InChI=1S/C14H16ClN3O/c1-4-16-14(19)12-9(2)13(18(3)17-12)10-7-5-6-8-11(10)15/h5-8H,4H2,1-3H3,(H,16,19). The first kappa shape index (κ1) is 13.6. The van der Waals surface area contributed by atoms with Gasteiger partial charge in [0.25, 0.3) is 5.91 Å². The fraction of sp³-hybridized carbons (Fsp3) is 0.286. The van der Waals surface area contributed by atoms with Crippen LogP contribution in [0.25, 0.3) is 11.3 Å². The van der Waals surface area contributed by atoms with E-state index in [2.05, 4.69) is 10.4 Å². The Morgan fingerprint density at radius 2 is 2.11 bits per heavy atom. The van der Waals surface area contributed by atoms with Crippen LogP contribution in [0, 0.1) is 6.92 Å². The summed E-state index contributed by atoms with van der Waals surface area (Å²) in [6.07, 6.45) is 0. The smallest absolute Gasteiger partial charge is 0.272 e. The van der Waals surface area contributed by atoms with E-state index in [9.17, 15) is 4.79 Å². The van der Waals surface area contributed by atoms with Crippen molar-refractivity contribution in [2.75, 3.05) is 6.54 Å². The number of hydrogen-bond donors (Lipinski definition) is 1. The molecule has 2 rings (SSSR count). The number of nitrogens with one attached hydrogen (secondary N) is 1. The lowest BCUT2D eigenvalue weighted by molar-refractivity contribution is 0.0949. The molecule has 1 aromatic carbocycles. The fourth-order valence-corrected chi connectivity index (χ4v) is 2.34. The molecule has 100 valence electrons. The molecule has 1 aromatic heterocycles. The van der Waals surface area contributed by atoms with Crippen LogP contribution in [0.5, 0.6) is 0 Å². The third-order valence-electron chi connectivity index (χ3n) is 2.97. The molecule has 0 bridgehead atoms. The van der Waals surface area contributed by atoms with Gasteiger partial charge in [-0.25, -0.2) is 0 Å². The molecule has 1 heterocycles. The molecule has 0 fully saturated rings. The van der Waals surface area contributed by atoms with Crippen LogP contribution in [0.2, 0.25) is 5.02 Å². The van der Waals surface area contributed by atoms with Crippen molar-refractivity contribution in [2.24, 2.45) is 7.05 Å². The number of carbonyl (C=O) groups is 1. The normalized spacial score (nSPS) is 10.5. The Morgan fingerprint density at radius 1 is 1.42 bits per heavy atom. The molecule has 4 nitrogen and oxygen atoms in total. The van der Waals surface area contributed by atoms with E-state index in [1.165, 1.54) is 0 Å². The lowest BCUT2D eigenvalue weighted by Crippen LogP contribution is -2.23. The van der Waals surface area contributed by atoms with Crippen molar-refractivity contribution < 1.29 is 4.79 Å². The van der Waals surface area contributed by atoms with E-state index in [1.807, 2.05) is 45.2 Å². The van der Waals surface area contributed by atoms with Gasteiger partial charge in [-0.15, -0.1) is 0 Å². The molecular formula is C14H16ClN3O. The highest BCUT2D eigenvalue weighted by atomic mass is 35.5. The Hall–Kier alpha value is -1.81. The second kappa shape index (κ2) is 5.45. The average molecular weight is 278 g/mol. The second-order valence-corrected chi connectivity index (χ2v) is 4.69. The van der Waals surface area contributed by atoms with Crippen molar-refractivity contribution in [2.45, 2.75) is 13.8 Å². The van der Waals surface area contributed by atoms with Crippen LogP contribution in [0.4, 0.5) is 0 Å². The number of hydrogen-bond acceptors (Lipinski definition) is 2. The third-order valence-corrected chi connectivity index (χ3v) is 3.29. The number of amides is 1. The molecule has 1 N–H and O–H groups in total. The Kier molecular flexibility index (Phi) is 3.90. The van der Waals surface area contributed by atoms with Crippen LogP contribution in [-0.4, -0.2) is 22.2 Å². The van der Waals surface area contributed by atoms with Crippen molar-refractivity contribution >= 4 is 17.5 Å². The van der Waals surface area contributed by atoms with E-state index in [0.717, 1.165) is 16.8 Å². The van der Waals surface area contributed by atoms with Crippen LogP contribution in [-0.2, 0) is 7.05 Å². The number of rotatable bonds is 3. The molecule has 5 heteroatoms. The number of halogens is 1. The molecule has 0 spiro atoms. The fourth-order valence-electron chi connectivity index (χ4n) is 2.12. The van der Waals surface area contributed by atoms with Gasteiger partial charge in [0, 0.05) is 29.7 Å². The van der Waals surface area contributed by atoms with Crippen LogP contribution < -0.4 is 5.32 Å². The first-order valence-electron chi connectivity index (χ1n) is 6.13. The van der Waals surface area contributed by atoms with Gasteiger partial charge in [-0.3, -0.25) is 9.48 Å². The van der Waals surface area contributed by atoms with Gasteiger partial charge in [0.05, 0.1) is 5.69 Å². The van der Waals surface area contributed by atoms with E-state index < -0.39 is 0 Å². The summed E-state index contributed by atoms with van der Waals surface area (Å²) >= 11 is 6.21. The lowest BCUT2D eigenvalue weighted by Gasteiger charge is -2.06. The molecule has 0 saturated heterocycles. The first-order valence-corrected chi connectivity index (χ1v) is 6.50. The monoisotopic (exact) mass is 277 g/mol. The predicted molar refractivity (Wildman–Crippen MR) is 76.4 cm³/mol. The zero-order valence-corrected chi connectivity index (χ0v) is 12.0. The summed E-state index contributed by atoms with van der Waals surface area (Å²) in [6, 6.07) is 7.55. The summed E-state index contributed by atoms with van der Waals surface area (Å²) in [5.74, 6) is -0.158. The van der Waals surface area contributed by atoms with Gasteiger partial charge in [-0.1, -0.05) is 29.8 Å². The van der Waals surface area contributed by atoms with Gasteiger partial charge in [-0.2, -0.15) is 5.10 Å². The number of nitrogens with zero attached hydrogens (tertiary/aromatic N) is 2. The Balaban J connectivity index is 2.54. The van der Waals surface area contributed by atoms with Gasteiger partial charge in [0.2, 0.25) is 0 Å². The summed E-state index contributed by atoms with van der Waals surface area (Å²) in [4.78, 5) is 11.9. The topological polar surface area (TPSA) is 46.9 Å². The summed E-state index contributed by atoms with van der Waals surface area (Å²) in [7, 11) is 1.81. The van der Waals surface area contributed by atoms with Gasteiger partial charge in [0.15, 0.2) is 5.69 Å². The van der Waals surface area contributed by atoms with E-state index in [0.29, 0.717) is 17.3 Å². The SMILES string of the molecule is CCNC(=O)c1nn(C)c(-c2ccccc2Cl)c1C. The van der Waals surface area contributed by atoms with Gasteiger partial charge >= 0.3 is 0 Å². The molecule has 0 radical (unpaired) electrons. The summed E-state index contributed by atoms with van der Waals surface area (Å²) < 4.78 is 1.70. The molecule has 0 aliphatic rings. The highest BCUT2D eigenvalue weighted by Gasteiger charge is 2.20. The quantitative estimate of drug-likeness (QED) is 0.938. The van der Waals surface area contributed by atoms with Crippen LogP contribution in [0.3, 0.4) is 0 Å². The average Bonchev–Trinajstić information content (AvgIpc) is 2.66. The largest absolute Gasteiger partial charge is 0.351 e. The Morgan fingerprint density at radius 3 is 2.74 bits per heavy atom. The molecule has 0 aliphatic carbocycles. The molecule has 2 aromatic rings. The molecular weight excluding hydrogens is 262 g/mol. The van der Waals surface area contributed by atoms with E-state index >= 15 is 0 Å². The Labute approximate surface area is 117 Å². The summed E-state index contributed by atoms with van der Waals surface area (Å²) in [6.45, 7) is 4.34. The zero-order chi connectivity index (χ0) is 14.0. The number of carbonyl (C=O) groups excluding carboxylic acids is 1. The van der Waals surface area contributed by atoms with Crippen molar-refractivity contribution in [1.29, 1.82) is 0 Å². The summed E-state index contributed by atoms with van der Waals surface area (Å²) in [5, 5.41) is 7.70. The number of aromatic nitrogens is 2. The highest BCUT2D eigenvalue weighted by Crippen LogP contribution is 2.31. The number of aryl methyl sites for hydroxylation is 1. The maximum absolute atomic E-state index is 11.9. The number of benzene rings is 1. The highest BCUT2D eigenvalue weighted by molar-refractivity contribution is 6.33. The minimum absolute atomic E-state index is 0.158. The minimum Gasteiger partial charge on any atom is -0.351 e. The molecule has 0 atom stereocenters. The van der Waals surface area contributed by atoms with Crippen LogP contribution >= 0.6 is 11.6 Å². The predicted octanol–water partition coefficient (Wildman–Crippen LogP) is 2.80. The molecule has 1 amide bonds. The van der Waals surface area contributed by atoms with Crippen molar-refractivity contribution in [3.05, 3.63) is 40.5 Å². The Bertz CT molecular complexity index is 619. The molecule has 0 unspecified atom stereocenters. The molecule has 0 saturated carbocycles. The maximum Gasteiger partial charge on any atom is 0.272 e. The third kappa shape index (κ3) is 2.49. The second-order valence-electron chi connectivity index (χ2n) is 4.29. The van der Waals surface area contributed by atoms with Gasteiger partial charge < -0.3 is 5.32 Å². The molecule has 19 heavy (non-hydrogen) atoms. The van der Waals surface area contributed by atoms with E-state index in [-0.39, 0.29) is 5.91 Å². The minimum atomic E-state index is -0.158. The van der Waals surface area contributed by atoms with E-state index in [4.69, 9.17) is 11.6 Å². The zero-order valence-electron chi connectivity index (χ0n) is 11.2. The van der Waals surface area contributed by atoms with Crippen molar-refractivity contribution in [3.63, 3.8) is 0 Å². The molecule has 0 aliphatic heterocycles. The summed E-state index contributed by atoms with van der Waals surface area (Å²) in [5.41, 5.74) is 3.03. The van der Waals surface area contributed by atoms with Crippen molar-refractivity contribution in [1.82, 2.24) is 15.1 Å². The van der Waals surface area contributed by atoms with Crippen LogP contribution in [0.1, 0.15) is 23.0 Å². The lowest BCUT2D eigenvalue weighted by atomic mass is 10.1. The van der Waals surface area contributed by atoms with Gasteiger partial charge in [0.1, 0.15) is 0 Å². The van der Waals surface area contributed by atoms with Crippen molar-refractivity contribution in [3.8, 4) is 11.3 Å². The van der Waals surface area contributed by atoms with E-state index in [1.54, 1.807) is 4.68 Å². The maximum atomic E-state index is 11.9. The first-order chi connectivity index (χ1) is 9.06. The van der Waals surface area contributed by atoms with Gasteiger partial charge in [-0.05, 0) is 19.9 Å². The van der Waals surface area contributed by atoms with Crippen LogP contribution in [0.15, 0.2) is 24.3 Å².